The van der Waals surface area contributed by atoms with Crippen LogP contribution in [0.25, 0.3) is 6.08 Å². The highest BCUT2D eigenvalue weighted by molar-refractivity contribution is 9.10. The fraction of sp³-hybridized carbons (Fsp3) is 0.304. The van der Waals surface area contributed by atoms with E-state index in [-0.39, 0.29) is 5.57 Å². The summed E-state index contributed by atoms with van der Waals surface area (Å²) in [6, 6.07) is 13.2. The summed E-state index contributed by atoms with van der Waals surface area (Å²) in [5, 5.41) is 0. The van der Waals surface area contributed by atoms with E-state index in [1.165, 1.54) is 13.2 Å². The Morgan fingerprint density at radius 3 is 2.37 bits per heavy atom. The van der Waals surface area contributed by atoms with E-state index in [0.29, 0.717) is 41.0 Å². The Labute approximate surface area is 182 Å². The Balaban J connectivity index is 1.57. The number of halogens is 1. The van der Waals surface area contributed by atoms with Gasteiger partial charge in [0.2, 0.25) is 0 Å². The van der Waals surface area contributed by atoms with E-state index in [2.05, 4.69) is 15.9 Å². The van der Waals surface area contributed by atoms with Crippen LogP contribution in [0.15, 0.2) is 52.5 Å². The molecule has 2 aromatic rings. The van der Waals surface area contributed by atoms with Crippen LogP contribution >= 0.6 is 15.9 Å². The molecule has 0 atom stereocenters. The van der Waals surface area contributed by atoms with Crippen molar-refractivity contribution in [2.75, 3.05) is 7.11 Å². The number of methoxy groups -OCH3 is 1. The highest BCUT2D eigenvalue weighted by Crippen LogP contribution is 2.40. The van der Waals surface area contributed by atoms with Crippen LogP contribution < -0.4 is 9.47 Å². The maximum absolute atomic E-state index is 12.5. The minimum atomic E-state index is -1.08. The summed E-state index contributed by atoms with van der Waals surface area (Å²) < 4.78 is 23.0. The Kier molecular flexibility index (Phi) is 5.81. The van der Waals surface area contributed by atoms with Crippen molar-refractivity contribution in [1.29, 1.82) is 0 Å². The number of carbonyl (C=O) groups is 2. The zero-order chi connectivity index (χ0) is 21.1. The van der Waals surface area contributed by atoms with Crippen molar-refractivity contribution < 1.29 is 28.5 Å². The molecule has 2 aromatic carbocycles. The standard InChI is InChI=1S/C23H21BrO6/c1-27-19-13-16(12-18(24)20(19)28-14-15-7-3-2-4-8-15)11-17-21(25)29-23(30-22(17)26)9-5-6-10-23/h2-4,7-8,11-13H,5-6,9-10,14H2,1H3. The predicted molar refractivity (Wildman–Crippen MR) is 113 cm³/mol. The molecule has 2 fully saturated rings. The van der Waals surface area contributed by atoms with Crippen molar-refractivity contribution >= 4 is 33.9 Å². The van der Waals surface area contributed by atoms with Gasteiger partial charge in [-0.3, -0.25) is 0 Å². The second kappa shape index (κ2) is 8.52. The van der Waals surface area contributed by atoms with Crippen molar-refractivity contribution in [2.24, 2.45) is 0 Å². The van der Waals surface area contributed by atoms with Gasteiger partial charge in [-0.15, -0.1) is 0 Å². The molecule has 30 heavy (non-hydrogen) atoms. The molecule has 1 saturated heterocycles. The number of carbonyl (C=O) groups excluding carboxylic acids is 2. The maximum Gasteiger partial charge on any atom is 0.348 e. The number of ether oxygens (including phenoxy) is 4. The van der Waals surface area contributed by atoms with E-state index in [1.807, 2.05) is 30.3 Å². The molecule has 2 aliphatic rings. The highest BCUT2D eigenvalue weighted by Gasteiger charge is 2.47. The van der Waals surface area contributed by atoms with Crippen LogP contribution in [0.4, 0.5) is 0 Å². The topological polar surface area (TPSA) is 71.1 Å². The smallest absolute Gasteiger partial charge is 0.348 e. The molecule has 6 nitrogen and oxygen atoms in total. The second-order valence-corrected chi connectivity index (χ2v) is 8.12. The van der Waals surface area contributed by atoms with Gasteiger partial charge in [0, 0.05) is 12.8 Å². The van der Waals surface area contributed by atoms with Gasteiger partial charge in [0.15, 0.2) is 11.5 Å². The van der Waals surface area contributed by atoms with Crippen LogP contribution in [-0.2, 0) is 25.7 Å². The van der Waals surface area contributed by atoms with Crippen LogP contribution in [0.1, 0.15) is 36.8 Å². The summed E-state index contributed by atoms with van der Waals surface area (Å²) >= 11 is 3.49. The third-order valence-corrected chi connectivity index (χ3v) is 5.74. The molecule has 156 valence electrons. The van der Waals surface area contributed by atoms with E-state index < -0.39 is 17.7 Å². The summed E-state index contributed by atoms with van der Waals surface area (Å²) in [4.78, 5) is 25.0. The zero-order valence-electron chi connectivity index (χ0n) is 16.5. The van der Waals surface area contributed by atoms with E-state index in [9.17, 15) is 9.59 Å². The largest absolute Gasteiger partial charge is 0.493 e. The third kappa shape index (κ3) is 4.21. The molecule has 1 saturated carbocycles. The van der Waals surface area contributed by atoms with Crippen LogP contribution in [0, 0.1) is 0 Å². The molecule has 1 heterocycles. The average molecular weight is 473 g/mol. The number of hydrogen-bond acceptors (Lipinski definition) is 6. The summed E-state index contributed by atoms with van der Waals surface area (Å²) in [7, 11) is 1.53. The van der Waals surface area contributed by atoms with Crippen molar-refractivity contribution in [1.82, 2.24) is 0 Å². The second-order valence-electron chi connectivity index (χ2n) is 7.26. The molecule has 0 N–H and O–H groups in total. The van der Waals surface area contributed by atoms with Gasteiger partial charge in [0.1, 0.15) is 12.2 Å². The van der Waals surface area contributed by atoms with E-state index in [4.69, 9.17) is 18.9 Å². The minimum absolute atomic E-state index is 0.139. The molecule has 0 unspecified atom stereocenters. The number of benzene rings is 2. The number of hydrogen-bond donors (Lipinski definition) is 0. The first kappa shape index (κ1) is 20.5. The first-order valence-electron chi connectivity index (χ1n) is 9.72. The van der Waals surface area contributed by atoms with Crippen molar-refractivity contribution in [2.45, 2.75) is 38.1 Å². The molecule has 0 amide bonds. The highest BCUT2D eigenvalue weighted by atomic mass is 79.9. The Bertz CT molecular complexity index is 970. The lowest BCUT2D eigenvalue weighted by Gasteiger charge is -2.32. The zero-order valence-corrected chi connectivity index (χ0v) is 18.1. The van der Waals surface area contributed by atoms with E-state index in [1.54, 1.807) is 12.1 Å². The number of esters is 2. The summed E-state index contributed by atoms with van der Waals surface area (Å²) in [6.45, 7) is 0.372. The lowest BCUT2D eigenvalue weighted by Crippen LogP contribution is -2.44. The molecule has 1 aliphatic carbocycles. The van der Waals surface area contributed by atoms with Crippen molar-refractivity contribution in [3.63, 3.8) is 0 Å². The first-order chi connectivity index (χ1) is 14.5. The van der Waals surface area contributed by atoms with Gasteiger partial charge >= 0.3 is 11.9 Å². The van der Waals surface area contributed by atoms with Crippen LogP contribution in [0.5, 0.6) is 11.5 Å². The molecular formula is C23H21BrO6. The van der Waals surface area contributed by atoms with Gasteiger partial charge in [0.05, 0.1) is 11.6 Å². The van der Waals surface area contributed by atoms with Gasteiger partial charge in [-0.25, -0.2) is 9.59 Å². The van der Waals surface area contributed by atoms with E-state index >= 15 is 0 Å². The third-order valence-electron chi connectivity index (χ3n) is 5.15. The molecule has 4 rings (SSSR count). The van der Waals surface area contributed by atoms with Crippen LogP contribution in [-0.4, -0.2) is 24.8 Å². The van der Waals surface area contributed by atoms with Gasteiger partial charge in [-0.2, -0.15) is 0 Å². The quantitative estimate of drug-likeness (QED) is 0.353. The van der Waals surface area contributed by atoms with Crippen molar-refractivity contribution in [3.05, 3.63) is 63.6 Å². The fourth-order valence-electron chi connectivity index (χ4n) is 3.65. The normalized spacial score (nSPS) is 17.5. The van der Waals surface area contributed by atoms with Gasteiger partial charge < -0.3 is 18.9 Å². The van der Waals surface area contributed by atoms with Crippen LogP contribution in [0.2, 0.25) is 0 Å². The molecule has 0 aromatic heterocycles. The average Bonchev–Trinajstić information content (AvgIpc) is 3.17. The van der Waals surface area contributed by atoms with Crippen LogP contribution in [0.3, 0.4) is 0 Å². The van der Waals surface area contributed by atoms with Gasteiger partial charge in [-0.1, -0.05) is 30.3 Å². The Hall–Kier alpha value is -2.80. The first-order valence-corrected chi connectivity index (χ1v) is 10.5. The number of rotatable bonds is 5. The minimum Gasteiger partial charge on any atom is -0.493 e. The SMILES string of the molecule is COc1cc(C=C2C(=O)OC3(CCCC3)OC2=O)cc(Br)c1OCc1ccccc1. The monoisotopic (exact) mass is 472 g/mol. The maximum atomic E-state index is 12.5. The summed E-state index contributed by atoms with van der Waals surface area (Å²) in [5.41, 5.74) is 1.46. The Morgan fingerprint density at radius 2 is 1.73 bits per heavy atom. The molecule has 0 radical (unpaired) electrons. The van der Waals surface area contributed by atoms with Crippen molar-refractivity contribution in [3.8, 4) is 11.5 Å². The fourth-order valence-corrected chi connectivity index (χ4v) is 4.22. The predicted octanol–water partition coefficient (Wildman–Crippen LogP) is 4.79. The molecule has 0 bridgehead atoms. The lowest BCUT2D eigenvalue weighted by molar-refractivity contribution is -0.232. The van der Waals surface area contributed by atoms with Gasteiger partial charge in [-0.05, 0) is 58.1 Å². The Morgan fingerprint density at radius 1 is 1.07 bits per heavy atom. The summed E-state index contributed by atoms with van der Waals surface area (Å²) in [6.07, 6.45) is 4.28. The molecule has 7 heteroatoms. The van der Waals surface area contributed by atoms with Gasteiger partial charge in [0.25, 0.3) is 5.79 Å². The lowest BCUT2D eigenvalue weighted by atomic mass is 10.1. The molecular weight excluding hydrogens is 452 g/mol. The molecule has 1 aliphatic heterocycles. The summed E-state index contributed by atoms with van der Waals surface area (Å²) in [5.74, 6) is -1.40. The van der Waals surface area contributed by atoms with E-state index in [0.717, 1.165) is 18.4 Å². The molecule has 1 spiro atoms.